The average Bonchev–Trinajstić information content (AvgIpc) is 3.10. The largest absolute Gasteiger partial charge is 0.384 e. The van der Waals surface area contributed by atoms with E-state index in [9.17, 15) is 4.79 Å². The van der Waals surface area contributed by atoms with Crippen LogP contribution in [0.4, 0.5) is 0 Å². The van der Waals surface area contributed by atoms with Crippen molar-refractivity contribution < 1.29 is 14.1 Å². The van der Waals surface area contributed by atoms with E-state index < -0.39 is 0 Å². The van der Waals surface area contributed by atoms with E-state index in [2.05, 4.69) is 22.3 Å². The van der Waals surface area contributed by atoms with Gasteiger partial charge in [0, 0.05) is 33.5 Å². The zero-order valence-corrected chi connectivity index (χ0v) is 14.2. The Morgan fingerprint density at radius 3 is 2.62 bits per heavy atom. The van der Waals surface area contributed by atoms with Crippen molar-refractivity contribution >= 4 is 5.91 Å². The molecular formula is C18H23N3O3. The molecule has 1 saturated heterocycles. The van der Waals surface area contributed by atoms with Gasteiger partial charge in [0.25, 0.3) is 0 Å². The Bertz CT molecular complexity index is 676. The van der Waals surface area contributed by atoms with Gasteiger partial charge in [-0.05, 0) is 18.4 Å². The fourth-order valence-corrected chi connectivity index (χ4v) is 3.33. The summed E-state index contributed by atoms with van der Waals surface area (Å²) in [5, 5.41) is 4.11. The van der Waals surface area contributed by atoms with Crippen LogP contribution in [-0.4, -0.2) is 47.8 Å². The van der Waals surface area contributed by atoms with Gasteiger partial charge in [0.05, 0.1) is 12.0 Å². The van der Waals surface area contributed by atoms with Gasteiger partial charge >= 0.3 is 0 Å². The summed E-state index contributed by atoms with van der Waals surface area (Å²) in [6.07, 6.45) is 2.19. The highest BCUT2D eigenvalue weighted by Crippen LogP contribution is 2.40. The monoisotopic (exact) mass is 329 g/mol. The molecule has 0 bridgehead atoms. The van der Waals surface area contributed by atoms with Crippen molar-refractivity contribution in [3.05, 3.63) is 47.6 Å². The van der Waals surface area contributed by atoms with Crippen LogP contribution in [0.25, 0.3) is 0 Å². The summed E-state index contributed by atoms with van der Waals surface area (Å²) in [5.41, 5.74) is 0.834. The molecule has 0 N–H and O–H groups in total. The van der Waals surface area contributed by atoms with Crippen LogP contribution >= 0.6 is 0 Å². The number of piperidine rings is 1. The maximum atomic E-state index is 11.7. The molecule has 0 atom stereocenters. The Morgan fingerprint density at radius 1 is 1.29 bits per heavy atom. The smallest absolute Gasteiger partial charge is 0.237 e. The van der Waals surface area contributed by atoms with Gasteiger partial charge in [-0.2, -0.15) is 4.98 Å². The highest BCUT2D eigenvalue weighted by molar-refractivity contribution is 5.73. The lowest BCUT2D eigenvalue weighted by atomic mass is 9.72. The van der Waals surface area contributed by atoms with E-state index in [0.29, 0.717) is 37.8 Å². The number of rotatable bonds is 5. The summed E-state index contributed by atoms with van der Waals surface area (Å²) in [5.74, 6) is 1.42. The van der Waals surface area contributed by atoms with Crippen molar-refractivity contribution in [2.24, 2.45) is 0 Å². The molecule has 0 aliphatic carbocycles. The topological polar surface area (TPSA) is 68.5 Å². The average molecular weight is 329 g/mol. The van der Waals surface area contributed by atoms with Crippen molar-refractivity contribution in [3.63, 3.8) is 0 Å². The summed E-state index contributed by atoms with van der Waals surface area (Å²) < 4.78 is 10.7. The lowest BCUT2D eigenvalue weighted by Gasteiger charge is -2.39. The lowest BCUT2D eigenvalue weighted by molar-refractivity contribution is -0.130. The predicted molar refractivity (Wildman–Crippen MR) is 88.6 cm³/mol. The van der Waals surface area contributed by atoms with Crippen LogP contribution in [0.3, 0.4) is 0 Å². The molecule has 128 valence electrons. The molecule has 0 radical (unpaired) electrons. The van der Waals surface area contributed by atoms with Crippen LogP contribution in [0.2, 0.25) is 0 Å². The molecule has 0 unspecified atom stereocenters. The fraction of sp³-hybridized carbons (Fsp3) is 0.500. The molecule has 1 aliphatic rings. The minimum Gasteiger partial charge on any atom is -0.384 e. The van der Waals surface area contributed by atoms with Gasteiger partial charge in [-0.1, -0.05) is 35.5 Å². The van der Waals surface area contributed by atoms with E-state index >= 15 is 0 Å². The number of hydrogen-bond acceptors (Lipinski definition) is 5. The van der Waals surface area contributed by atoms with Crippen molar-refractivity contribution in [2.45, 2.75) is 31.6 Å². The van der Waals surface area contributed by atoms with Gasteiger partial charge in [-0.25, -0.2) is 0 Å². The van der Waals surface area contributed by atoms with E-state index in [4.69, 9.17) is 9.26 Å². The summed E-state index contributed by atoms with van der Waals surface area (Å²) in [4.78, 5) is 18.2. The Hall–Kier alpha value is -2.21. The molecule has 3 rings (SSSR count). The number of amides is 1. The fourth-order valence-electron chi connectivity index (χ4n) is 3.33. The Labute approximate surface area is 141 Å². The van der Waals surface area contributed by atoms with Gasteiger partial charge in [0.2, 0.25) is 11.8 Å². The first-order valence-electron chi connectivity index (χ1n) is 8.29. The molecule has 1 amide bonds. The van der Waals surface area contributed by atoms with E-state index in [-0.39, 0.29) is 11.3 Å². The van der Waals surface area contributed by atoms with Crippen LogP contribution in [0.5, 0.6) is 0 Å². The van der Waals surface area contributed by atoms with Crippen molar-refractivity contribution in [3.8, 4) is 0 Å². The van der Waals surface area contributed by atoms with Crippen molar-refractivity contribution in [1.29, 1.82) is 0 Å². The number of benzene rings is 1. The standard InChI is InChI=1S/C18H23N3O3/c1-14(22)21-11-9-18(10-12-21,15-6-4-3-5-7-15)17-19-16(20-24-17)8-13-23-2/h3-7H,8-13H2,1-2H3. The zero-order valence-electron chi connectivity index (χ0n) is 14.2. The Morgan fingerprint density at radius 2 is 2.00 bits per heavy atom. The number of ether oxygens (including phenoxy) is 1. The van der Waals surface area contributed by atoms with Gasteiger partial charge < -0.3 is 14.2 Å². The number of nitrogens with zero attached hydrogens (tertiary/aromatic N) is 3. The highest BCUT2D eigenvalue weighted by atomic mass is 16.5. The van der Waals surface area contributed by atoms with Gasteiger partial charge in [-0.15, -0.1) is 0 Å². The summed E-state index contributed by atoms with van der Waals surface area (Å²) in [7, 11) is 1.66. The number of likely N-dealkylation sites (tertiary alicyclic amines) is 1. The molecule has 1 aliphatic heterocycles. The van der Waals surface area contributed by atoms with Crippen LogP contribution in [0, 0.1) is 0 Å². The van der Waals surface area contributed by atoms with E-state index in [0.717, 1.165) is 18.4 Å². The zero-order chi connectivity index (χ0) is 17.0. The molecule has 1 aromatic carbocycles. The normalized spacial score (nSPS) is 17.0. The molecule has 2 heterocycles. The first kappa shape index (κ1) is 16.6. The minimum absolute atomic E-state index is 0.114. The van der Waals surface area contributed by atoms with Crippen LogP contribution < -0.4 is 0 Å². The number of hydrogen-bond donors (Lipinski definition) is 0. The number of aromatic nitrogens is 2. The third-order valence-electron chi connectivity index (χ3n) is 4.80. The summed E-state index contributed by atoms with van der Waals surface area (Å²) in [6.45, 7) is 3.57. The first-order chi connectivity index (χ1) is 11.7. The van der Waals surface area contributed by atoms with E-state index in [1.165, 1.54) is 0 Å². The quantitative estimate of drug-likeness (QED) is 0.841. The van der Waals surface area contributed by atoms with Gasteiger partial charge in [0.1, 0.15) is 0 Å². The van der Waals surface area contributed by atoms with Crippen molar-refractivity contribution in [2.75, 3.05) is 26.8 Å². The Kier molecular flexibility index (Phi) is 4.94. The molecule has 0 saturated carbocycles. The summed E-state index contributed by atoms with van der Waals surface area (Å²) >= 11 is 0. The molecule has 2 aromatic rings. The Balaban J connectivity index is 1.92. The van der Waals surface area contributed by atoms with Gasteiger partial charge in [-0.3, -0.25) is 4.79 Å². The molecular weight excluding hydrogens is 306 g/mol. The third kappa shape index (κ3) is 3.19. The maximum Gasteiger partial charge on any atom is 0.237 e. The molecule has 0 spiro atoms. The second kappa shape index (κ2) is 7.13. The maximum absolute atomic E-state index is 11.7. The number of carbonyl (C=O) groups excluding carboxylic acids is 1. The van der Waals surface area contributed by atoms with Crippen LogP contribution in [0.1, 0.15) is 37.0 Å². The highest BCUT2D eigenvalue weighted by Gasteiger charge is 2.43. The van der Waals surface area contributed by atoms with Crippen LogP contribution in [-0.2, 0) is 21.4 Å². The number of methoxy groups -OCH3 is 1. The molecule has 6 nitrogen and oxygen atoms in total. The second-order valence-corrected chi connectivity index (χ2v) is 6.21. The third-order valence-corrected chi connectivity index (χ3v) is 4.80. The first-order valence-corrected chi connectivity index (χ1v) is 8.29. The second-order valence-electron chi connectivity index (χ2n) is 6.21. The molecule has 1 aromatic heterocycles. The van der Waals surface area contributed by atoms with Crippen molar-refractivity contribution in [1.82, 2.24) is 15.0 Å². The minimum atomic E-state index is -0.328. The molecule has 24 heavy (non-hydrogen) atoms. The molecule has 1 fully saturated rings. The molecule has 6 heteroatoms. The van der Waals surface area contributed by atoms with E-state index in [1.807, 2.05) is 23.1 Å². The van der Waals surface area contributed by atoms with Gasteiger partial charge in [0.15, 0.2) is 5.82 Å². The van der Waals surface area contributed by atoms with Crippen LogP contribution in [0.15, 0.2) is 34.9 Å². The summed E-state index contributed by atoms with van der Waals surface area (Å²) in [6, 6.07) is 10.2. The predicted octanol–water partition coefficient (Wildman–Crippen LogP) is 2.19. The lowest BCUT2D eigenvalue weighted by Crippen LogP contribution is -2.45. The SMILES string of the molecule is COCCc1noc(C2(c3ccccc3)CCN(C(C)=O)CC2)n1. The number of carbonyl (C=O) groups is 1. The van der Waals surface area contributed by atoms with E-state index in [1.54, 1.807) is 14.0 Å².